The number of aromatic hydroxyl groups is 1. The van der Waals surface area contributed by atoms with Gasteiger partial charge in [0.05, 0.1) is 17.5 Å². The Balaban J connectivity index is 1.41. The first-order valence-electron chi connectivity index (χ1n) is 11.4. The minimum absolute atomic E-state index is 0.0617. The first-order valence-corrected chi connectivity index (χ1v) is 12.2. The third-order valence-corrected chi connectivity index (χ3v) is 7.15. The highest BCUT2D eigenvalue weighted by Gasteiger charge is 2.31. The smallest absolute Gasteiger partial charge is 0.230 e. The number of ether oxygens (including phenoxy) is 1. The Kier molecular flexibility index (Phi) is 6.30. The fourth-order valence-corrected chi connectivity index (χ4v) is 5.65. The summed E-state index contributed by atoms with van der Waals surface area (Å²) in [4.78, 5) is 11.0. The van der Waals surface area contributed by atoms with Gasteiger partial charge in [-0.2, -0.15) is 4.52 Å². The quantitative estimate of drug-likeness (QED) is 0.445. The molecule has 2 aromatic carbocycles. The largest absolute Gasteiger partial charge is 0.494 e. The lowest BCUT2D eigenvalue weighted by atomic mass is 10.0. The molecule has 2 aromatic heterocycles. The van der Waals surface area contributed by atoms with E-state index in [1.165, 1.54) is 16.9 Å². The second-order valence-corrected chi connectivity index (χ2v) is 9.35. The van der Waals surface area contributed by atoms with Crippen LogP contribution in [0.4, 0.5) is 0 Å². The van der Waals surface area contributed by atoms with Crippen LogP contribution in [-0.4, -0.2) is 62.3 Å². The number of rotatable bonds is 7. The highest BCUT2D eigenvalue weighted by atomic mass is 32.1. The van der Waals surface area contributed by atoms with Gasteiger partial charge in [0.1, 0.15) is 11.6 Å². The van der Waals surface area contributed by atoms with E-state index in [2.05, 4.69) is 62.3 Å². The molecule has 7 nitrogen and oxygen atoms in total. The summed E-state index contributed by atoms with van der Waals surface area (Å²) in [5.74, 6) is 1.70. The summed E-state index contributed by atoms with van der Waals surface area (Å²) in [7, 11) is 0. The summed E-state index contributed by atoms with van der Waals surface area (Å²) in [5.41, 5.74) is 2.47. The van der Waals surface area contributed by atoms with Gasteiger partial charge >= 0.3 is 0 Å². The van der Waals surface area contributed by atoms with Gasteiger partial charge in [-0.25, -0.2) is 4.98 Å². The van der Waals surface area contributed by atoms with Gasteiger partial charge in [0.15, 0.2) is 0 Å². The van der Waals surface area contributed by atoms with Crippen molar-refractivity contribution in [3.8, 4) is 11.6 Å². The van der Waals surface area contributed by atoms with Crippen LogP contribution in [0.25, 0.3) is 4.96 Å². The molecule has 1 aliphatic heterocycles. The van der Waals surface area contributed by atoms with E-state index in [0.717, 1.165) is 53.9 Å². The Morgan fingerprint density at radius 3 is 2.42 bits per heavy atom. The number of nitrogens with zero attached hydrogens (tertiary/aromatic N) is 5. The second kappa shape index (κ2) is 9.51. The van der Waals surface area contributed by atoms with Crippen molar-refractivity contribution in [2.75, 3.05) is 32.8 Å². The lowest BCUT2D eigenvalue weighted by Crippen LogP contribution is -2.47. The molecule has 0 spiro atoms. The zero-order chi connectivity index (χ0) is 22.8. The van der Waals surface area contributed by atoms with Gasteiger partial charge in [0.2, 0.25) is 10.8 Å². The van der Waals surface area contributed by atoms with Crippen LogP contribution in [0, 0.1) is 6.92 Å². The molecule has 1 saturated heterocycles. The van der Waals surface area contributed by atoms with Crippen LogP contribution in [0.5, 0.6) is 11.6 Å². The molecule has 0 saturated carbocycles. The van der Waals surface area contributed by atoms with Crippen LogP contribution in [0.1, 0.15) is 34.8 Å². The molecule has 0 radical (unpaired) electrons. The van der Waals surface area contributed by atoms with Gasteiger partial charge in [-0.15, -0.1) is 5.10 Å². The third-order valence-electron chi connectivity index (χ3n) is 6.08. The van der Waals surface area contributed by atoms with E-state index in [1.807, 2.05) is 26.0 Å². The van der Waals surface area contributed by atoms with Crippen LogP contribution in [-0.2, 0) is 6.54 Å². The van der Waals surface area contributed by atoms with Crippen LogP contribution in [0.2, 0.25) is 0 Å². The molecule has 1 unspecified atom stereocenters. The third kappa shape index (κ3) is 4.59. The van der Waals surface area contributed by atoms with E-state index in [0.29, 0.717) is 12.4 Å². The van der Waals surface area contributed by atoms with Gasteiger partial charge < -0.3 is 9.84 Å². The van der Waals surface area contributed by atoms with Crippen LogP contribution in [0.15, 0.2) is 54.6 Å². The van der Waals surface area contributed by atoms with Gasteiger partial charge in [-0.05, 0) is 37.1 Å². The molecule has 0 bridgehead atoms. The second-order valence-electron chi connectivity index (χ2n) is 8.35. The topological polar surface area (TPSA) is 66.1 Å². The van der Waals surface area contributed by atoms with Crippen LogP contribution < -0.4 is 4.74 Å². The fraction of sp³-hybridized carbons (Fsp3) is 0.360. The summed E-state index contributed by atoms with van der Waals surface area (Å²) in [6, 6.07) is 18.8. The molecule has 0 amide bonds. The summed E-state index contributed by atoms with van der Waals surface area (Å²) >= 11 is 1.51. The lowest BCUT2D eigenvalue weighted by molar-refractivity contribution is 0.105. The molecule has 5 rings (SSSR count). The number of aromatic nitrogens is 3. The van der Waals surface area contributed by atoms with E-state index >= 15 is 0 Å². The van der Waals surface area contributed by atoms with Crippen molar-refractivity contribution < 1.29 is 9.84 Å². The Morgan fingerprint density at radius 1 is 1.03 bits per heavy atom. The number of hydrogen-bond donors (Lipinski definition) is 1. The van der Waals surface area contributed by atoms with Crippen molar-refractivity contribution >= 4 is 16.3 Å². The zero-order valence-corrected chi connectivity index (χ0v) is 19.8. The molecule has 8 heteroatoms. The number of benzene rings is 2. The Morgan fingerprint density at radius 2 is 1.76 bits per heavy atom. The Labute approximate surface area is 197 Å². The Bertz CT molecular complexity index is 1200. The van der Waals surface area contributed by atoms with Gasteiger partial charge in [0.25, 0.3) is 0 Å². The lowest BCUT2D eigenvalue weighted by Gasteiger charge is -2.39. The predicted molar refractivity (Wildman–Crippen MR) is 130 cm³/mol. The van der Waals surface area contributed by atoms with E-state index in [1.54, 1.807) is 4.52 Å². The number of hydrogen-bond acceptors (Lipinski definition) is 7. The Hall–Kier alpha value is -2.94. The van der Waals surface area contributed by atoms with Crippen molar-refractivity contribution in [3.05, 3.63) is 76.4 Å². The first-order chi connectivity index (χ1) is 16.1. The number of piperazine rings is 1. The van der Waals surface area contributed by atoms with E-state index in [9.17, 15) is 5.11 Å². The number of aryl methyl sites for hydroxylation is 1. The standard InChI is InChI=1S/C25H29N5O2S/c1-3-32-21-11-9-20(10-12-21)22(23-24(31)30-25(33-23)26-18(2)27-30)29-15-13-28(14-16-29)17-19-7-5-4-6-8-19/h4-12,22,31H,3,13-17H2,1-2H3. The van der Waals surface area contributed by atoms with E-state index in [-0.39, 0.29) is 11.9 Å². The molecule has 1 atom stereocenters. The van der Waals surface area contributed by atoms with Gasteiger partial charge in [0, 0.05) is 32.7 Å². The minimum Gasteiger partial charge on any atom is -0.494 e. The molecular weight excluding hydrogens is 434 g/mol. The molecule has 4 aromatic rings. The van der Waals surface area contributed by atoms with E-state index in [4.69, 9.17) is 4.74 Å². The van der Waals surface area contributed by atoms with Crippen molar-refractivity contribution in [1.29, 1.82) is 0 Å². The molecule has 33 heavy (non-hydrogen) atoms. The first kappa shape index (κ1) is 21.9. The highest BCUT2D eigenvalue weighted by molar-refractivity contribution is 7.17. The van der Waals surface area contributed by atoms with Crippen molar-refractivity contribution in [2.24, 2.45) is 0 Å². The SMILES string of the molecule is CCOc1ccc(C(c2sc3nc(C)nn3c2O)N2CCN(Cc3ccccc3)CC2)cc1. The zero-order valence-electron chi connectivity index (χ0n) is 19.0. The predicted octanol–water partition coefficient (Wildman–Crippen LogP) is 4.11. The monoisotopic (exact) mass is 463 g/mol. The molecule has 1 N–H and O–H groups in total. The number of thiazole rings is 1. The van der Waals surface area contributed by atoms with Crippen LogP contribution in [0.3, 0.4) is 0 Å². The molecule has 3 heterocycles. The average molecular weight is 464 g/mol. The van der Waals surface area contributed by atoms with E-state index < -0.39 is 0 Å². The van der Waals surface area contributed by atoms with Crippen molar-refractivity contribution in [2.45, 2.75) is 26.4 Å². The highest BCUT2D eigenvalue weighted by Crippen LogP contribution is 2.40. The van der Waals surface area contributed by atoms with Crippen molar-refractivity contribution in [1.82, 2.24) is 24.4 Å². The summed E-state index contributed by atoms with van der Waals surface area (Å²) in [6.45, 7) is 9.21. The summed E-state index contributed by atoms with van der Waals surface area (Å²) < 4.78 is 7.20. The molecule has 172 valence electrons. The maximum Gasteiger partial charge on any atom is 0.230 e. The minimum atomic E-state index is -0.0617. The molecule has 1 fully saturated rings. The van der Waals surface area contributed by atoms with Gasteiger partial charge in [-0.3, -0.25) is 9.80 Å². The van der Waals surface area contributed by atoms with Crippen molar-refractivity contribution in [3.63, 3.8) is 0 Å². The van der Waals surface area contributed by atoms with Gasteiger partial charge in [-0.1, -0.05) is 53.8 Å². The molecule has 0 aliphatic carbocycles. The summed E-state index contributed by atoms with van der Waals surface area (Å²) in [6.07, 6.45) is 0. The molecular formula is C25H29N5O2S. The number of fused-ring (bicyclic) bond motifs is 1. The molecule has 1 aliphatic rings. The summed E-state index contributed by atoms with van der Waals surface area (Å²) in [5, 5.41) is 15.4. The maximum absolute atomic E-state index is 11.1. The maximum atomic E-state index is 11.1. The average Bonchev–Trinajstić information content (AvgIpc) is 3.34. The van der Waals surface area contributed by atoms with Crippen LogP contribution >= 0.6 is 11.3 Å². The normalized spacial score (nSPS) is 16.3. The fourth-order valence-electron chi connectivity index (χ4n) is 4.49.